The number of benzene rings is 2. The first-order valence-electron chi connectivity index (χ1n) is 28.1. The number of amides is 6. The summed E-state index contributed by atoms with van der Waals surface area (Å²) in [7, 11) is 2.57. The lowest BCUT2D eigenvalue weighted by molar-refractivity contribution is -0.143. The SMILES string of the molecule is COc1c(C)c(O)c2c(c1O)C(=COC(N)=O)[C@]1(OC)[C@H]3[C@@H](CN21)N3C(=O)CCn1c(O)cc(SCC(NC(=O)[C@@H](CC(=O)O)NC(=O)[C@@H](CCCNC(=N)N)NC(=O)CC[C@@H](NC(=O)c2ccc(NCc3cnc4nc(N)[nH]c(=O)c4n3)cc2)C(=O)O)C(=O)O)c1O. The van der Waals surface area contributed by atoms with Gasteiger partial charge in [0.05, 0.1) is 59.7 Å². The zero-order chi connectivity index (χ0) is 67.9. The molecule has 0 spiro atoms. The van der Waals surface area contributed by atoms with E-state index in [1.54, 1.807) is 4.90 Å². The lowest BCUT2D eigenvalue weighted by atomic mass is 9.95. The number of carbonyl (C=O) groups is 9. The van der Waals surface area contributed by atoms with Gasteiger partial charge in [0.2, 0.25) is 35.5 Å². The fourth-order valence-electron chi connectivity index (χ4n) is 10.9. The molecule has 2 saturated heterocycles. The van der Waals surface area contributed by atoms with Gasteiger partial charge in [0.15, 0.2) is 40.2 Å². The number of guanidine groups is 1. The van der Waals surface area contributed by atoms with E-state index in [9.17, 15) is 83.7 Å². The van der Waals surface area contributed by atoms with Crippen molar-refractivity contribution in [3.63, 3.8) is 0 Å². The van der Waals surface area contributed by atoms with Crippen molar-refractivity contribution in [3.05, 3.63) is 75.5 Å². The minimum atomic E-state index is -1.99. The summed E-state index contributed by atoms with van der Waals surface area (Å²) >= 11 is 0.620. The maximum atomic E-state index is 13.9. The van der Waals surface area contributed by atoms with Crippen LogP contribution in [0.3, 0.4) is 0 Å². The summed E-state index contributed by atoms with van der Waals surface area (Å²) in [5.41, 5.74) is 15.2. The summed E-state index contributed by atoms with van der Waals surface area (Å²) in [5, 5.41) is 96.9. The van der Waals surface area contributed by atoms with Crippen molar-refractivity contribution in [1.82, 2.24) is 56.0 Å². The third-order valence-electron chi connectivity index (χ3n) is 15.3. The van der Waals surface area contributed by atoms with Crippen LogP contribution in [0, 0.1) is 12.3 Å². The van der Waals surface area contributed by atoms with Gasteiger partial charge in [0.25, 0.3) is 11.5 Å². The molecule has 93 heavy (non-hydrogen) atoms. The van der Waals surface area contributed by atoms with Crippen LogP contribution in [0.25, 0.3) is 16.7 Å². The van der Waals surface area contributed by atoms with Crippen molar-refractivity contribution < 1.29 is 93.1 Å². The van der Waals surface area contributed by atoms with Crippen molar-refractivity contribution in [3.8, 4) is 29.0 Å². The first kappa shape index (κ1) is 67.6. The summed E-state index contributed by atoms with van der Waals surface area (Å²) in [4.78, 5) is 147. The zero-order valence-electron chi connectivity index (χ0n) is 49.5. The van der Waals surface area contributed by atoms with Gasteiger partial charge in [-0.3, -0.25) is 48.5 Å². The molecule has 37 nitrogen and oxygen atoms in total. The van der Waals surface area contributed by atoms with Crippen LogP contribution in [0.5, 0.6) is 29.0 Å². The molecule has 0 bridgehead atoms. The number of hydrogen-bond acceptors (Lipinski definition) is 25. The maximum Gasteiger partial charge on any atom is 0.409 e. The summed E-state index contributed by atoms with van der Waals surface area (Å²) < 4.78 is 17.4. The van der Waals surface area contributed by atoms with Crippen molar-refractivity contribution in [2.45, 2.75) is 105 Å². The predicted octanol–water partition coefficient (Wildman–Crippen LogP) is -1.84. The smallest absolute Gasteiger partial charge is 0.409 e. The number of carboxylic acid groups (broad SMARTS) is 3. The number of hydrogen-bond donors (Lipinski definition) is 18. The number of rotatable bonds is 30. The van der Waals surface area contributed by atoms with Crippen LogP contribution in [0.1, 0.15) is 65.7 Å². The number of aliphatic carboxylic acids is 3. The topological polar surface area (TPSA) is 580 Å². The third kappa shape index (κ3) is 14.6. The van der Waals surface area contributed by atoms with Crippen molar-refractivity contribution in [2.75, 3.05) is 49.0 Å². The fourth-order valence-corrected chi connectivity index (χ4v) is 11.9. The number of nitrogens with one attached hydrogen (secondary N) is 8. The summed E-state index contributed by atoms with van der Waals surface area (Å²) in [6.07, 6.45) is -1.69. The first-order chi connectivity index (χ1) is 44.1. The molecule has 5 aromatic rings. The molecule has 38 heteroatoms. The Labute approximate surface area is 528 Å². The molecule has 1 unspecified atom stereocenters. The minimum Gasteiger partial charge on any atom is -0.505 e. The molecule has 7 atom stereocenters. The molecule has 3 aliphatic rings. The Kier molecular flexibility index (Phi) is 20.5. The quantitative estimate of drug-likeness (QED) is 0.00457. The number of anilines is 3. The summed E-state index contributed by atoms with van der Waals surface area (Å²) in [5.74, 6) is -12.7. The molecule has 6 heterocycles. The maximum absolute atomic E-state index is 13.9. The Morgan fingerprint density at radius 2 is 1.58 bits per heavy atom. The van der Waals surface area contributed by atoms with Gasteiger partial charge in [-0.25, -0.2) is 24.4 Å². The molecule has 2 fully saturated rings. The highest BCUT2D eigenvalue weighted by atomic mass is 32.2. The monoisotopic (exact) mass is 1320 g/mol. The van der Waals surface area contributed by atoms with Gasteiger partial charge in [-0.1, -0.05) is 0 Å². The number of carbonyl (C=O) groups excluding carboxylic acids is 6. The van der Waals surface area contributed by atoms with Crippen molar-refractivity contribution >= 4 is 105 Å². The predicted molar refractivity (Wildman–Crippen MR) is 323 cm³/mol. The molecule has 496 valence electrons. The van der Waals surface area contributed by atoms with Crippen LogP contribution in [-0.2, 0) is 56.1 Å². The normalized spacial score (nSPS) is 17.6. The van der Waals surface area contributed by atoms with Gasteiger partial charge in [-0.15, -0.1) is 11.8 Å². The molecule has 3 aromatic heterocycles. The van der Waals surface area contributed by atoms with Gasteiger partial charge < -0.3 is 109 Å². The van der Waals surface area contributed by atoms with Crippen molar-refractivity contribution in [1.29, 1.82) is 5.41 Å². The van der Waals surface area contributed by atoms with Gasteiger partial charge in [-0.05, 0) is 50.5 Å². The molecule has 0 saturated carbocycles. The Bertz CT molecular complexity index is 3920. The number of aromatic nitrogens is 5. The largest absolute Gasteiger partial charge is 0.505 e. The second-order valence-electron chi connectivity index (χ2n) is 21.3. The highest BCUT2D eigenvalue weighted by molar-refractivity contribution is 7.99. The molecule has 2 aromatic carbocycles. The highest BCUT2D eigenvalue weighted by Crippen LogP contribution is 2.66. The number of phenolic OH excluding ortho intramolecular Hbond substituents is 2. The van der Waals surface area contributed by atoms with Crippen LogP contribution < -0.4 is 64.3 Å². The average molecular weight is 1320 g/mol. The second-order valence-corrected chi connectivity index (χ2v) is 22.3. The number of nitrogen functional groups attached to an aromatic ring is 1. The van der Waals surface area contributed by atoms with Gasteiger partial charge >= 0.3 is 24.0 Å². The molecule has 0 aliphatic carbocycles. The van der Waals surface area contributed by atoms with E-state index in [0.29, 0.717) is 23.1 Å². The van der Waals surface area contributed by atoms with Crippen LogP contribution >= 0.6 is 11.8 Å². The molecule has 8 rings (SSSR count). The number of methoxy groups -OCH3 is 2. The van der Waals surface area contributed by atoms with Crippen LogP contribution in [0.2, 0.25) is 0 Å². The number of ether oxygens (including phenoxy) is 3. The van der Waals surface area contributed by atoms with Gasteiger partial charge in [-0.2, -0.15) is 4.98 Å². The van der Waals surface area contributed by atoms with Crippen LogP contribution in [0.4, 0.5) is 22.1 Å². The highest BCUT2D eigenvalue weighted by Gasteiger charge is 2.75. The van der Waals surface area contributed by atoms with E-state index in [1.807, 2.05) is 0 Å². The number of H-pyrrole nitrogens is 1. The van der Waals surface area contributed by atoms with Gasteiger partial charge in [0.1, 0.15) is 42.2 Å². The Hall–Kier alpha value is -11.3. The zero-order valence-corrected chi connectivity index (χ0v) is 50.4. The number of piperazine rings is 1. The number of thioether (sulfide) groups is 1. The summed E-state index contributed by atoms with van der Waals surface area (Å²) in [6, 6.07) is -1.59. The average Bonchev–Trinajstić information content (AvgIpc) is 1.49. The van der Waals surface area contributed by atoms with E-state index in [1.165, 1.54) is 56.5 Å². The minimum absolute atomic E-state index is 0.00834. The number of phenols is 2. The fraction of sp³-hybridized carbons (Fsp3) is 0.382. The van der Waals surface area contributed by atoms with E-state index in [-0.39, 0.29) is 107 Å². The molecular weight excluding hydrogens is 1250 g/mol. The Morgan fingerprint density at radius 3 is 2.23 bits per heavy atom. The molecule has 21 N–H and O–H groups in total. The molecule has 6 amide bonds. The number of aromatic hydroxyl groups is 4. The summed E-state index contributed by atoms with van der Waals surface area (Å²) in [6.45, 7) is 1.29. The second kappa shape index (κ2) is 28.2. The first-order valence-corrected chi connectivity index (χ1v) is 29.1. The van der Waals surface area contributed by atoms with E-state index in [0.717, 1.165) is 16.9 Å². The Morgan fingerprint density at radius 1 is 0.892 bits per heavy atom. The number of fused-ring (bicyclic) bond motifs is 6. The standard InChI is InChI=1S/C55H65N17O20S/c1-22-40(78)39-37(41(79)42(22)90-2)26(20-92-54(59)89)55(91-3)43-31(19-71(39)55)72(43)34(74)12-14-70-35(75)16-32(49(70)84)93-21-30(51(87)88)67-47(82)29(15-36(76)77)66-46(81)27(5-4-13-60-52(56)57)64-33(73)11-10-28(50(85)86)65-45(80)23-6-8-24(9-7-23)61-17-25-18-62-44-38(63-25)48(83)69-53(58)68-44/h6-9,16,18,20,27-31,43,61,75,78-79,84H,4-5,10-15,17,19,21H2,1-3H3,(H2,59,89)(H,64,73)(H,65,80)(H,66,81)(H,67,82)(H,76,77)(H,85,86)(H,87,88)(H4,56,57,60)(H3,58,62,68,69,83)/t27-,28-,29-,30?,31-,43-,55+,72?/m1/s1. The number of carboxylic acids is 3. The van der Waals surface area contributed by atoms with Gasteiger partial charge in [0, 0.05) is 68.2 Å². The Balaban J connectivity index is 0.855. The molecular formula is C55H65N17O20S. The van der Waals surface area contributed by atoms with E-state index >= 15 is 0 Å². The van der Waals surface area contributed by atoms with E-state index in [4.69, 9.17) is 36.8 Å². The van der Waals surface area contributed by atoms with E-state index in [2.05, 4.69) is 51.8 Å². The number of primary amides is 1. The van der Waals surface area contributed by atoms with E-state index < -0.39 is 150 Å². The third-order valence-corrected chi connectivity index (χ3v) is 16.4. The lowest BCUT2D eigenvalue weighted by Crippen LogP contribution is -2.56. The molecule has 3 aliphatic heterocycles. The van der Waals surface area contributed by atoms with Crippen LogP contribution in [-0.4, -0.2) is 200 Å². The number of nitrogens with zero attached hydrogens (tertiary/aromatic N) is 6. The molecule has 0 radical (unpaired) electrons. The number of aromatic amines is 1. The van der Waals surface area contributed by atoms with Crippen molar-refractivity contribution in [2.24, 2.45) is 11.5 Å². The lowest BCUT2D eigenvalue weighted by Gasteiger charge is -2.37. The number of nitrogens with two attached hydrogens (primary N) is 3. The van der Waals surface area contributed by atoms with Crippen LogP contribution in [0.15, 0.2) is 52.5 Å².